The van der Waals surface area contributed by atoms with E-state index in [-0.39, 0.29) is 43.3 Å². The molecule has 0 bridgehead atoms. The molecule has 0 saturated heterocycles. The van der Waals surface area contributed by atoms with Crippen LogP contribution in [0.5, 0.6) is 0 Å². The summed E-state index contributed by atoms with van der Waals surface area (Å²) in [7, 11) is 1.72. The Bertz CT molecular complexity index is 934. The van der Waals surface area contributed by atoms with Gasteiger partial charge in [0.2, 0.25) is 17.7 Å². The number of rotatable bonds is 5. The van der Waals surface area contributed by atoms with Crippen molar-refractivity contribution in [1.29, 1.82) is 0 Å². The van der Waals surface area contributed by atoms with Gasteiger partial charge in [-0.25, -0.2) is 0 Å². The maximum Gasteiger partial charge on any atom is 0.241 e. The Morgan fingerprint density at radius 2 is 1.97 bits per heavy atom. The van der Waals surface area contributed by atoms with Crippen LogP contribution in [-0.2, 0) is 14.4 Å². The molecule has 152 valence electrons. The summed E-state index contributed by atoms with van der Waals surface area (Å²) in [6.45, 7) is 1.97. The molecule has 7 nitrogen and oxygen atoms in total. The molecule has 1 heterocycles. The Morgan fingerprint density at radius 1 is 1.21 bits per heavy atom. The zero-order chi connectivity index (χ0) is 21.0. The van der Waals surface area contributed by atoms with E-state index in [4.69, 9.17) is 0 Å². The zero-order valence-electron chi connectivity index (χ0n) is 16.3. The van der Waals surface area contributed by atoms with Crippen LogP contribution in [-0.4, -0.2) is 48.8 Å². The van der Waals surface area contributed by atoms with Gasteiger partial charge >= 0.3 is 0 Å². The molecule has 0 fully saturated rings. The molecule has 2 aromatic carbocycles. The summed E-state index contributed by atoms with van der Waals surface area (Å²) in [4.78, 5) is 40.7. The molecular formula is C21H23BrN4O3. The van der Waals surface area contributed by atoms with Crippen LogP contribution < -0.4 is 15.5 Å². The first-order valence-electron chi connectivity index (χ1n) is 9.28. The van der Waals surface area contributed by atoms with E-state index in [0.29, 0.717) is 17.1 Å². The van der Waals surface area contributed by atoms with Crippen molar-refractivity contribution < 1.29 is 14.4 Å². The van der Waals surface area contributed by atoms with Crippen LogP contribution in [0.25, 0.3) is 0 Å². The van der Waals surface area contributed by atoms with Gasteiger partial charge in [-0.3, -0.25) is 19.3 Å². The third-order valence-corrected chi connectivity index (χ3v) is 5.05. The third-order valence-electron chi connectivity index (χ3n) is 4.56. The van der Waals surface area contributed by atoms with Crippen LogP contribution in [0.2, 0.25) is 0 Å². The summed E-state index contributed by atoms with van der Waals surface area (Å²) >= 11 is 3.37. The van der Waals surface area contributed by atoms with Crippen molar-refractivity contribution in [3.8, 4) is 0 Å². The zero-order valence-corrected chi connectivity index (χ0v) is 17.9. The molecule has 8 heteroatoms. The summed E-state index contributed by atoms with van der Waals surface area (Å²) in [5.74, 6) is -0.499. The van der Waals surface area contributed by atoms with Gasteiger partial charge in [-0.15, -0.1) is 0 Å². The highest BCUT2D eigenvalue weighted by Gasteiger charge is 2.30. The maximum atomic E-state index is 13.0. The van der Waals surface area contributed by atoms with Crippen molar-refractivity contribution in [2.24, 2.45) is 0 Å². The Morgan fingerprint density at radius 3 is 2.72 bits per heavy atom. The van der Waals surface area contributed by atoms with E-state index in [1.165, 1.54) is 0 Å². The normalized spacial score (nSPS) is 16.1. The van der Waals surface area contributed by atoms with E-state index < -0.39 is 0 Å². The molecule has 0 saturated carbocycles. The highest BCUT2D eigenvalue weighted by molar-refractivity contribution is 9.10. The molecule has 0 aromatic heterocycles. The monoisotopic (exact) mass is 458 g/mol. The summed E-state index contributed by atoms with van der Waals surface area (Å²) in [6, 6.07) is 14.3. The van der Waals surface area contributed by atoms with Gasteiger partial charge in [0, 0.05) is 22.6 Å². The van der Waals surface area contributed by atoms with Gasteiger partial charge in [-0.05, 0) is 44.3 Å². The Kier molecular flexibility index (Phi) is 6.66. The molecule has 2 N–H and O–H groups in total. The average molecular weight is 459 g/mol. The minimum atomic E-state index is -0.282. The van der Waals surface area contributed by atoms with E-state index in [0.717, 1.165) is 4.47 Å². The van der Waals surface area contributed by atoms with Gasteiger partial charge in [-0.2, -0.15) is 0 Å². The molecule has 2 aromatic rings. The average Bonchev–Trinajstić information content (AvgIpc) is 2.75. The Labute approximate surface area is 178 Å². The van der Waals surface area contributed by atoms with Crippen LogP contribution in [0.1, 0.15) is 13.3 Å². The van der Waals surface area contributed by atoms with E-state index >= 15 is 0 Å². The van der Waals surface area contributed by atoms with Crippen LogP contribution >= 0.6 is 15.9 Å². The molecule has 1 aliphatic rings. The standard InChI is InChI=1S/C21H23BrN4O3/c1-14-10-19(27)24-17-8-3-4-9-18(17)26(14)21(29)13-25(2)12-20(28)23-16-7-5-6-15(22)11-16/h3-9,11,14H,10,12-13H2,1-2H3,(H,23,28)(H,24,27). The fourth-order valence-electron chi connectivity index (χ4n) is 3.34. The lowest BCUT2D eigenvalue weighted by molar-refractivity contribution is -0.121. The molecule has 3 amide bonds. The van der Waals surface area contributed by atoms with Crippen LogP contribution in [0.3, 0.4) is 0 Å². The van der Waals surface area contributed by atoms with E-state index in [1.54, 1.807) is 29.0 Å². The van der Waals surface area contributed by atoms with Crippen LogP contribution in [0, 0.1) is 0 Å². The van der Waals surface area contributed by atoms with E-state index in [9.17, 15) is 14.4 Å². The van der Waals surface area contributed by atoms with Crippen molar-refractivity contribution in [3.05, 3.63) is 53.0 Å². The SMILES string of the molecule is CC1CC(=O)Nc2ccccc2N1C(=O)CN(C)CC(=O)Nc1cccc(Br)c1. The number of hydrogen-bond donors (Lipinski definition) is 2. The molecule has 3 rings (SSSR count). The lowest BCUT2D eigenvalue weighted by atomic mass is 10.1. The second kappa shape index (κ2) is 9.19. The summed E-state index contributed by atoms with van der Waals surface area (Å²) in [6.07, 6.45) is 0.216. The highest BCUT2D eigenvalue weighted by atomic mass is 79.9. The quantitative estimate of drug-likeness (QED) is 0.720. The molecule has 29 heavy (non-hydrogen) atoms. The van der Waals surface area contributed by atoms with Gasteiger partial charge in [0.1, 0.15) is 0 Å². The van der Waals surface area contributed by atoms with Gasteiger partial charge in [0.05, 0.1) is 24.5 Å². The number of benzene rings is 2. The van der Waals surface area contributed by atoms with Crippen molar-refractivity contribution >= 4 is 50.7 Å². The molecule has 0 spiro atoms. The topological polar surface area (TPSA) is 81.8 Å². The number of carbonyl (C=O) groups excluding carboxylic acids is 3. The smallest absolute Gasteiger partial charge is 0.241 e. The van der Waals surface area contributed by atoms with Crippen LogP contribution in [0.4, 0.5) is 17.1 Å². The van der Waals surface area contributed by atoms with E-state index in [2.05, 4.69) is 26.6 Å². The van der Waals surface area contributed by atoms with Gasteiger partial charge in [0.15, 0.2) is 0 Å². The fourth-order valence-corrected chi connectivity index (χ4v) is 3.74. The number of carbonyl (C=O) groups is 3. The van der Waals surface area contributed by atoms with Crippen molar-refractivity contribution in [3.63, 3.8) is 0 Å². The lowest BCUT2D eigenvalue weighted by Gasteiger charge is -2.29. The number of para-hydroxylation sites is 2. The lowest BCUT2D eigenvalue weighted by Crippen LogP contribution is -2.45. The Hall–Kier alpha value is -2.71. The highest BCUT2D eigenvalue weighted by Crippen LogP contribution is 2.31. The Balaban J connectivity index is 1.65. The maximum absolute atomic E-state index is 13.0. The van der Waals surface area contributed by atoms with Gasteiger partial charge in [-0.1, -0.05) is 34.1 Å². The number of amides is 3. The van der Waals surface area contributed by atoms with Crippen molar-refractivity contribution in [1.82, 2.24) is 4.90 Å². The first-order chi connectivity index (χ1) is 13.8. The van der Waals surface area contributed by atoms with Crippen LogP contribution in [0.15, 0.2) is 53.0 Å². The fraction of sp³-hybridized carbons (Fsp3) is 0.286. The predicted molar refractivity (Wildman–Crippen MR) is 117 cm³/mol. The first-order valence-corrected chi connectivity index (χ1v) is 10.1. The number of hydrogen-bond acceptors (Lipinski definition) is 4. The third kappa shape index (κ3) is 5.42. The van der Waals surface area contributed by atoms with Crippen molar-refractivity contribution in [2.45, 2.75) is 19.4 Å². The predicted octanol–water partition coefficient (Wildman–Crippen LogP) is 3.08. The minimum Gasteiger partial charge on any atom is -0.325 e. The largest absolute Gasteiger partial charge is 0.325 e. The second-order valence-electron chi connectivity index (χ2n) is 7.11. The number of halogens is 1. The molecule has 1 aliphatic heterocycles. The van der Waals surface area contributed by atoms with E-state index in [1.807, 2.05) is 43.3 Å². The molecule has 1 atom stereocenters. The number of anilines is 3. The molecular weight excluding hydrogens is 436 g/mol. The first kappa shape index (κ1) is 21.0. The number of nitrogens with zero attached hydrogens (tertiary/aromatic N) is 2. The number of fused-ring (bicyclic) bond motifs is 1. The summed E-state index contributed by atoms with van der Waals surface area (Å²) in [5, 5.41) is 5.66. The van der Waals surface area contributed by atoms with Crippen molar-refractivity contribution in [2.75, 3.05) is 35.7 Å². The number of likely N-dealkylation sites (N-methyl/N-ethyl adjacent to an activating group) is 1. The summed E-state index contributed by atoms with van der Waals surface area (Å²) < 4.78 is 0.871. The second-order valence-corrected chi connectivity index (χ2v) is 8.03. The van der Waals surface area contributed by atoms with Gasteiger partial charge < -0.3 is 15.5 Å². The number of nitrogens with one attached hydrogen (secondary N) is 2. The van der Waals surface area contributed by atoms with Gasteiger partial charge in [0.25, 0.3) is 0 Å². The molecule has 1 unspecified atom stereocenters. The molecule has 0 aliphatic carbocycles. The summed E-state index contributed by atoms with van der Waals surface area (Å²) in [5.41, 5.74) is 1.97. The minimum absolute atomic E-state index is 0.0543. The molecule has 0 radical (unpaired) electrons.